The van der Waals surface area contributed by atoms with Gasteiger partial charge < -0.3 is 10.4 Å². The minimum Gasteiger partial charge on any atom is -0.507 e. The van der Waals surface area contributed by atoms with E-state index in [1.165, 1.54) is 0 Å². The molecule has 0 aliphatic carbocycles. The lowest BCUT2D eigenvalue weighted by Crippen LogP contribution is -2.20. The van der Waals surface area contributed by atoms with Gasteiger partial charge in [-0.25, -0.2) is 0 Å². The molecule has 0 radical (unpaired) electrons. The molecule has 0 saturated carbocycles. The fraction of sp³-hybridized carbons (Fsp3) is 0.300. The van der Waals surface area contributed by atoms with Crippen LogP contribution in [0, 0.1) is 0 Å². The molecule has 0 unspecified atom stereocenters. The molecule has 1 aromatic rings. The summed E-state index contributed by atoms with van der Waals surface area (Å²) in [5.41, 5.74) is 0.784. The van der Waals surface area contributed by atoms with Crippen LogP contribution in [0.15, 0.2) is 29.3 Å². The van der Waals surface area contributed by atoms with Crippen molar-refractivity contribution in [1.82, 2.24) is 5.32 Å². The largest absolute Gasteiger partial charge is 0.507 e. The fourth-order valence-corrected chi connectivity index (χ4v) is 1.39. The van der Waals surface area contributed by atoms with E-state index in [1.807, 2.05) is 19.1 Å². The standard InChI is InChI=1S/C10H12N2O/c1-7-6-11-10(12-7)8-4-2-3-5-9(8)13/h2-5,7,13H,6H2,1H3,(H,11,12)/t7-/m1/s1. The van der Waals surface area contributed by atoms with Crippen molar-refractivity contribution >= 4 is 5.84 Å². The van der Waals surface area contributed by atoms with Crippen molar-refractivity contribution in [2.24, 2.45) is 4.99 Å². The molecule has 68 valence electrons. The molecular formula is C10H12N2O. The lowest BCUT2D eigenvalue weighted by Gasteiger charge is -2.03. The van der Waals surface area contributed by atoms with E-state index in [0.717, 1.165) is 17.9 Å². The number of hydrogen-bond donors (Lipinski definition) is 2. The predicted molar refractivity (Wildman–Crippen MR) is 52.1 cm³/mol. The summed E-state index contributed by atoms with van der Waals surface area (Å²) >= 11 is 0. The highest BCUT2D eigenvalue weighted by Crippen LogP contribution is 2.17. The quantitative estimate of drug-likeness (QED) is 0.673. The zero-order valence-corrected chi connectivity index (χ0v) is 7.49. The molecule has 1 atom stereocenters. The number of aromatic hydroxyl groups is 1. The first-order valence-corrected chi connectivity index (χ1v) is 4.37. The van der Waals surface area contributed by atoms with Crippen LogP contribution in [-0.4, -0.2) is 23.5 Å². The Bertz CT molecular complexity index is 347. The van der Waals surface area contributed by atoms with Crippen molar-refractivity contribution in [3.8, 4) is 5.75 Å². The molecule has 2 N–H and O–H groups in total. The van der Waals surface area contributed by atoms with Gasteiger partial charge in [0.05, 0.1) is 11.6 Å². The number of para-hydroxylation sites is 1. The zero-order chi connectivity index (χ0) is 9.26. The monoisotopic (exact) mass is 176 g/mol. The average molecular weight is 176 g/mol. The van der Waals surface area contributed by atoms with Gasteiger partial charge in [-0.1, -0.05) is 12.1 Å². The lowest BCUT2D eigenvalue weighted by atomic mass is 10.2. The number of phenols is 1. The van der Waals surface area contributed by atoms with Gasteiger partial charge in [-0.3, -0.25) is 4.99 Å². The number of amidine groups is 1. The van der Waals surface area contributed by atoms with E-state index >= 15 is 0 Å². The summed E-state index contributed by atoms with van der Waals surface area (Å²) < 4.78 is 0. The van der Waals surface area contributed by atoms with Crippen LogP contribution in [-0.2, 0) is 0 Å². The molecule has 1 aliphatic heterocycles. The van der Waals surface area contributed by atoms with Crippen molar-refractivity contribution < 1.29 is 5.11 Å². The van der Waals surface area contributed by atoms with Crippen LogP contribution in [0.25, 0.3) is 0 Å². The maximum absolute atomic E-state index is 9.54. The molecule has 3 heteroatoms. The number of benzene rings is 1. The second-order valence-corrected chi connectivity index (χ2v) is 3.22. The smallest absolute Gasteiger partial charge is 0.132 e. The second-order valence-electron chi connectivity index (χ2n) is 3.22. The number of nitrogens with one attached hydrogen (secondary N) is 1. The van der Waals surface area contributed by atoms with Crippen molar-refractivity contribution in [3.63, 3.8) is 0 Å². The van der Waals surface area contributed by atoms with Crippen LogP contribution in [0.5, 0.6) is 5.75 Å². The third kappa shape index (κ3) is 1.49. The summed E-state index contributed by atoms with van der Waals surface area (Å²) in [6.45, 7) is 2.89. The Kier molecular flexibility index (Phi) is 1.93. The number of nitrogens with zero attached hydrogens (tertiary/aromatic N) is 1. The molecule has 3 nitrogen and oxygen atoms in total. The maximum Gasteiger partial charge on any atom is 0.132 e. The maximum atomic E-state index is 9.54. The average Bonchev–Trinajstić information content (AvgIpc) is 2.53. The fourth-order valence-electron chi connectivity index (χ4n) is 1.39. The summed E-state index contributed by atoms with van der Waals surface area (Å²) in [7, 11) is 0. The van der Waals surface area contributed by atoms with Gasteiger partial charge in [0.2, 0.25) is 0 Å². The van der Waals surface area contributed by atoms with E-state index in [-0.39, 0.29) is 5.75 Å². The number of phenolic OH excluding ortho intramolecular Hbond substituents is 1. The molecule has 2 rings (SSSR count). The van der Waals surface area contributed by atoms with E-state index in [1.54, 1.807) is 12.1 Å². The SMILES string of the molecule is C[C@@H]1CNC(c2ccccc2O)=N1. The summed E-state index contributed by atoms with van der Waals surface area (Å²) in [5.74, 6) is 1.08. The van der Waals surface area contributed by atoms with Crippen LogP contribution in [0.3, 0.4) is 0 Å². The highest BCUT2D eigenvalue weighted by Gasteiger charge is 2.15. The van der Waals surface area contributed by atoms with E-state index in [9.17, 15) is 5.11 Å². The highest BCUT2D eigenvalue weighted by molar-refractivity contribution is 6.02. The number of aliphatic imine (C=N–C) groups is 1. The molecule has 1 aliphatic rings. The highest BCUT2D eigenvalue weighted by atomic mass is 16.3. The molecule has 1 heterocycles. The molecule has 13 heavy (non-hydrogen) atoms. The van der Waals surface area contributed by atoms with Crippen LogP contribution in [0.2, 0.25) is 0 Å². The van der Waals surface area contributed by atoms with Crippen LogP contribution >= 0.6 is 0 Å². The van der Waals surface area contributed by atoms with Gasteiger partial charge in [-0.2, -0.15) is 0 Å². The van der Waals surface area contributed by atoms with Gasteiger partial charge >= 0.3 is 0 Å². The van der Waals surface area contributed by atoms with Gasteiger partial charge in [0, 0.05) is 6.54 Å². The van der Waals surface area contributed by atoms with Gasteiger partial charge in [0.1, 0.15) is 11.6 Å². The number of hydrogen-bond acceptors (Lipinski definition) is 3. The molecular weight excluding hydrogens is 164 g/mol. The van der Waals surface area contributed by atoms with Crippen LogP contribution in [0.4, 0.5) is 0 Å². The van der Waals surface area contributed by atoms with E-state index < -0.39 is 0 Å². The Hall–Kier alpha value is -1.51. The minimum atomic E-state index is 0.280. The minimum absolute atomic E-state index is 0.280. The van der Waals surface area contributed by atoms with Crippen molar-refractivity contribution in [2.75, 3.05) is 6.54 Å². The first kappa shape index (κ1) is 8.10. The van der Waals surface area contributed by atoms with Crippen molar-refractivity contribution in [1.29, 1.82) is 0 Å². The first-order chi connectivity index (χ1) is 6.27. The van der Waals surface area contributed by atoms with Gasteiger partial charge in [-0.15, -0.1) is 0 Å². The summed E-state index contributed by atoms with van der Waals surface area (Å²) in [6.07, 6.45) is 0. The lowest BCUT2D eigenvalue weighted by molar-refractivity contribution is 0.474. The molecule has 0 amide bonds. The molecule has 0 fully saturated rings. The van der Waals surface area contributed by atoms with Crippen LogP contribution in [0.1, 0.15) is 12.5 Å². The zero-order valence-electron chi connectivity index (χ0n) is 7.49. The number of rotatable bonds is 1. The molecule has 0 saturated heterocycles. The van der Waals surface area contributed by atoms with Gasteiger partial charge in [-0.05, 0) is 19.1 Å². The van der Waals surface area contributed by atoms with Crippen molar-refractivity contribution in [3.05, 3.63) is 29.8 Å². The summed E-state index contributed by atoms with van der Waals surface area (Å²) in [5, 5.41) is 12.7. The van der Waals surface area contributed by atoms with Crippen molar-refractivity contribution in [2.45, 2.75) is 13.0 Å². The van der Waals surface area contributed by atoms with E-state index in [2.05, 4.69) is 10.3 Å². The van der Waals surface area contributed by atoms with Gasteiger partial charge in [0.15, 0.2) is 0 Å². The van der Waals surface area contributed by atoms with E-state index in [0.29, 0.717) is 6.04 Å². The third-order valence-electron chi connectivity index (χ3n) is 2.07. The Balaban J connectivity index is 2.36. The second kappa shape index (κ2) is 3.09. The summed E-state index contributed by atoms with van der Waals surface area (Å²) in [6, 6.07) is 7.52. The normalized spacial score (nSPS) is 21.0. The Morgan fingerprint density at radius 3 is 2.85 bits per heavy atom. The Morgan fingerprint density at radius 1 is 1.46 bits per heavy atom. The molecule has 1 aromatic carbocycles. The Labute approximate surface area is 77.1 Å². The third-order valence-corrected chi connectivity index (χ3v) is 2.07. The summed E-state index contributed by atoms with van der Waals surface area (Å²) in [4.78, 5) is 4.37. The van der Waals surface area contributed by atoms with Gasteiger partial charge in [0.25, 0.3) is 0 Å². The van der Waals surface area contributed by atoms with E-state index in [4.69, 9.17) is 0 Å². The molecule has 0 spiro atoms. The molecule has 0 aromatic heterocycles. The topological polar surface area (TPSA) is 44.6 Å². The van der Waals surface area contributed by atoms with Crippen LogP contribution < -0.4 is 5.32 Å². The Morgan fingerprint density at radius 2 is 2.23 bits per heavy atom. The first-order valence-electron chi connectivity index (χ1n) is 4.37. The molecule has 0 bridgehead atoms. The predicted octanol–water partition coefficient (Wildman–Crippen LogP) is 1.13.